The van der Waals surface area contributed by atoms with Crippen LogP contribution in [0.4, 0.5) is 0 Å². The van der Waals surface area contributed by atoms with Crippen molar-refractivity contribution in [1.29, 1.82) is 0 Å². The summed E-state index contributed by atoms with van der Waals surface area (Å²) >= 11 is 0. The van der Waals surface area contributed by atoms with Gasteiger partial charge >= 0.3 is 5.97 Å². The molecule has 0 amide bonds. The number of ether oxygens (including phenoxy) is 3. The molecule has 0 radical (unpaired) electrons. The summed E-state index contributed by atoms with van der Waals surface area (Å²) < 4.78 is 16.3. The largest absolute Gasteiger partial charge is 0.508 e. The van der Waals surface area contributed by atoms with Gasteiger partial charge in [-0.15, -0.1) is 0 Å². The van der Waals surface area contributed by atoms with Crippen molar-refractivity contribution in [2.24, 2.45) is 0 Å². The fourth-order valence-corrected chi connectivity index (χ4v) is 2.53. The van der Waals surface area contributed by atoms with E-state index < -0.39 is 6.10 Å². The molecule has 2 aromatic rings. The van der Waals surface area contributed by atoms with Gasteiger partial charge in [0.1, 0.15) is 11.5 Å². The van der Waals surface area contributed by atoms with Crippen LogP contribution in [0, 0.1) is 0 Å². The Bertz CT molecular complexity index is 664. The number of rotatable bonds is 10. The second-order valence-corrected chi connectivity index (χ2v) is 5.81. The maximum atomic E-state index is 11.9. The topological polar surface area (TPSA) is 65.0 Å². The summed E-state index contributed by atoms with van der Waals surface area (Å²) in [6, 6.07) is 14.7. The van der Waals surface area contributed by atoms with Crippen molar-refractivity contribution in [3.63, 3.8) is 0 Å². The molecule has 0 aliphatic carbocycles. The summed E-state index contributed by atoms with van der Waals surface area (Å²) in [7, 11) is 0. The first kappa shape index (κ1) is 19.8. The van der Waals surface area contributed by atoms with Crippen LogP contribution in [0.5, 0.6) is 11.5 Å². The molecular weight excluding hydrogens is 332 g/mol. The Morgan fingerprint density at radius 3 is 2.23 bits per heavy atom. The number of esters is 1. The Labute approximate surface area is 154 Å². The molecule has 2 aromatic carbocycles. The highest BCUT2D eigenvalue weighted by molar-refractivity contribution is 5.75. The van der Waals surface area contributed by atoms with Crippen LogP contribution < -0.4 is 4.74 Å². The van der Waals surface area contributed by atoms with Crippen LogP contribution in [0.15, 0.2) is 48.5 Å². The monoisotopic (exact) mass is 358 g/mol. The van der Waals surface area contributed by atoms with Gasteiger partial charge < -0.3 is 19.3 Å². The highest BCUT2D eigenvalue weighted by Crippen LogP contribution is 2.16. The number of phenols is 1. The van der Waals surface area contributed by atoms with Crippen molar-refractivity contribution >= 4 is 5.97 Å². The van der Waals surface area contributed by atoms with E-state index in [2.05, 4.69) is 0 Å². The molecule has 0 heterocycles. The maximum absolute atomic E-state index is 11.9. The molecule has 0 aliphatic heterocycles. The first-order valence-electron chi connectivity index (χ1n) is 8.90. The summed E-state index contributed by atoms with van der Waals surface area (Å²) in [5.41, 5.74) is 2.09. The number of phenolic OH excluding ortho intramolecular Hbond substituents is 1. The Hall–Kier alpha value is -2.53. The molecule has 0 saturated heterocycles. The van der Waals surface area contributed by atoms with Gasteiger partial charge in [-0.1, -0.05) is 24.3 Å². The summed E-state index contributed by atoms with van der Waals surface area (Å²) in [5, 5.41) is 9.28. The van der Waals surface area contributed by atoms with E-state index in [1.165, 1.54) is 0 Å². The van der Waals surface area contributed by atoms with Crippen LogP contribution in [0.2, 0.25) is 0 Å². The van der Waals surface area contributed by atoms with Crippen LogP contribution in [-0.2, 0) is 27.1 Å². The van der Waals surface area contributed by atoms with E-state index in [0.29, 0.717) is 26.2 Å². The minimum absolute atomic E-state index is 0.262. The van der Waals surface area contributed by atoms with Crippen LogP contribution in [0.25, 0.3) is 0 Å². The fraction of sp³-hybridized carbons (Fsp3) is 0.381. The van der Waals surface area contributed by atoms with E-state index in [0.717, 1.165) is 23.3 Å². The quantitative estimate of drug-likeness (QED) is 0.658. The zero-order chi connectivity index (χ0) is 18.8. The van der Waals surface area contributed by atoms with Gasteiger partial charge in [0.25, 0.3) is 0 Å². The van der Waals surface area contributed by atoms with Gasteiger partial charge in [0.15, 0.2) is 6.10 Å². The summed E-state index contributed by atoms with van der Waals surface area (Å²) in [4.78, 5) is 11.9. The second kappa shape index (κ2) is 10.5. The Morgan fingerprint density at radius 1 is 0.962 bits per heavy atom. The Balaban J connectivity index is 1.84. The van der Waals surface area contributed by atoms with Crippen LogP contribution in [0.1, 0.15) is 25.0 Å². The highest BCUT2D eigenvalue weighted by atomic mass is 16.6. The van der Waals surface area contributed by atoms with Gasteiger partial charge in [0.05, 0.1) is 13.2 Å². The van der Waals surface area contributed by atoms with Crippen molar-refractivity contribution < 1.29 is 24.1 Å². The average Bonchev–Trinajstić information content (AvgIpc) is 2.64. The number of hydrogen-bond donors (Lipinski definition) is 1. The maximum Gasteiger partial charge on any atom is 0.335 e. The van der Waals surface area contributed by atoms with Gasteiger partial charge in [-0.25, -0.2) is 4.79 Å². The van der Waals surface area contributed by atoms with E-state index in [4.69, 9.17) is 14.2 Å². The van der Waals surface area contributed by atoms with Crippen molar-refractivity contribution in [1.82, 2.24) is 0 Å². The molecule has 140 valence electrons. The number of benzene rings is 2. The van der Waals surface area contributed by atoms with Crippen molar-refractivity contribution in [2.75, 3.05) is 19.8 Å². The Morgan fingerprint density at radius 2 is 1.62 bits per heavy atom. The lowest BCUT2D eigenvalue weighted by Gasteiger charge is -2.15. The van der Waals surface area contributed by atoms with Gasteiger partial charge in [-0.05, 0) is 49.2 Å². The molecular formula is C21H26O5. The first-order valence-corrected chi connectivity index (χ1v) is 8.90. The SMILES string of the molecule is CCOC(=O)[C@H](Cc1ccc(OCCc2ccc(O)cc2)cc1)OCC. The lowest BCUT2D eigenvalue weighted by Crippen LogP contribution is -2.28. The Kier molecular flexibility index (Phi) is 7.96. The zero-order valence-electron chi connectivity index (χ0n) is 15.3. The number of aromatic hydroxyl groups is 1. The minimum atomic E-state index is -0.582. The molecule has 5 heteroatoms. The third-order valence-corrected chi connectivity index (χ3v) is 3.86. The van der Waals surface area contributed by atoms with Crippen LogP contribution >= 0.6 is 0 Å². The van der Waals surface area contributed by atoms with Crippen molar-refractivity contribution in [3.05, 3.63) is 59.7 Å². The van der Waals surface area contributed by atoms with E-state index in [1.807, 2.05) is 43.3 Å². The second-order valence-electron chi connectivity index (χ2n) is 5.81. The standard InChI is InChI=1S/C21H26O5/c1-3-24-20(21(23)25-4-2)15-17-7-11-19(12-8-17)26-14-13-16-5-9-18(22)10-6-16/h5-12,20,22H,3-4,13-15H2,1-2H3/t20-/m0/s1. The van der Waals surface area contributed by atoms with Crippen molar-refractivity contribution in [3.8, 4) is 11.5 Å². The molecule has 0 aromatic heterocycles. The summed E-state index contributed by atoms with van der Waals surface area (Å²) in [6.45, 7) is 5.00. The lowest BCUT2D eigenvalue weighted by molar-refractivity contribution is -0.156. The van der Waals surface area contributed by atoms with Gasteiger partial charge in [0.2, 0.25) is 0 Å². The highest BCUT2D eigenvalue weighted by Gasteiger charge is 2.20. The molecule has 0 spiro atoms. The third kappa shape index (κ3) is 6.41. The fourth-order valence-electron chi connectivity index (χ4n) is 2.53. The normalized spacial score (nSPS) is 11.8. The molecule has 26 heavy (non-hydrogen) atoms. The number of carbonyl (C=O) groups is 1. The van der Waals surface area contributed by atoms with Crippen LogP contribution in [0.3, 0.4) is 0 Å². The van der Waals surface area contributed by atoms with Gasteiger partial charge in [0, 0.05) is 19.4 Å². The lowest BCUT2D eigenvalue weighted by atomic mass is 10.1. The molecule has 0 fully saturated rings. The predicted octanol–water partition coefficient (Wildman–Crippen LogP) is 3.52. The average molecular weight is 358 g/mol. The molecule has 2 rings (SSSR count). The van der Waals surface area contributed by atoms with Gasteiger partial charge in [-0.3, -0.25) is 0 Å². The molecule has 5 nitrogen and oxygen atoms in total. The third-order valence-electron chi connectivity index (χ3n) is 3.86. The van der Waals surface area contributed by atoms with E-state index in [9.17, 15) is 9.90 Å². The van der Waals surface area contributed by atoms with E-state index >= 15 is 0 Å². The smallest absolute Gasteiger partial charge is 0.335 e. The van der Waals surface area contributed by atoms with Crippen LogP contribution in [-0.4, -0.2) is 37.0 Å². The van der Waals surface area contributed by atoms with E-state index in [1.54, 1.807) is 19.1 Å². The predicted molar refractivity (Wildman–Crippen MR) is 99.5 cm³/mol. The van der Waals surface area contributed by atoms with Gasteiger partial charge in [-0.2, -0.15) is 0 Å². The number of carbonyl (C=O) groups excluding carboxylic acids is 1. The molecule has 0 unspecified atom stereocenters. The molecule has 0 saturated carbocycles. The summed E-state index contributed by atoms with van der Waals surface area (Å²) in [5.74, 6) is 0.707. The molecule has 0 aliphatic rings. The molecule has 1 atom stereocenters. The summed E-state index contributed by atoms with van der Waals surface area (Å²) in [6.07, 6.45) is 0.652. The first-order chi connectivity index (χ1) is 12.6. The molecule has 1 N–H and O–H groups in total. The van der Waals surface area contributed by atoms with E-state index in [-0.39, 0.29) is 11.7 Å². The number of hydrogen-bond acceptors (Lipinski definition) is 5. The molecule has 0 bridgehead atoms. The zero-order valence-corrected chi connectivity index (χ0v) is 15.3. The minimum Gasteiger partial charge on any atom is -0.508 e. The van der Waals surface area contributed by atoms with Crippen molar-refractivity contribution in [2.45, 2.75) is 32.8 Å².